The zero-order valence-corrected chi connectivity index (χ0v) is 21.5. The number of carboxylic acids is 2. The molecule has 1 atom stereocenters. The van der Waals surface area contributed by atoms with Crippen LogP contribution in [-0.2, 0) is 9.59 Å². The fourth-order valence-electron chi connectivity index (χ4n) is 2.68. The van der Waals surface area contributed by atoms with Crippen LogP contribution in [-0.4, -0.2) is 29.0 Å². The van der Waals surface area contributed by atoms with E-state index in [0.717, 1.165) is 12.8 Å². The Balaban J connectivity index is -0.00000288. The van der Waals surface area contributed by atoms with E-state index < -0.39 is 30.3 Å². The van der Waals surface area contributed by atoms with E-state index in [4.69, 9.17) is 5.11 Å². The molecule has 8 heteroatoms. The van der Waals surface area contributed by atoms with Crippen molar-refractivity contribution in [2.75, 3.05) is 0 Å². The molecular formula is C19H33NNa2O5. The van der Waals surface area contributed by atoms with E-state index in [1.165, 1.54) is 51.4 Å². The van der Waals surface area contributed by atoms with Crippen LogP contribution < -0.4 is 69.3 Å². The summed E-state index contributed by atoms with van der Waals surface area (Å²) in [5.74, 6) is -3.06. The molecule has 27 heavy (non-hydrogen) atoms. The number of unbranched alkanes of at least 4 members (excludes halogenated alkanes) is 10. The number of rotatable bonds is 17. The van der Waals surface area contributed by atoms with E-state index in [9.17, 15) is 19.8 Å². The monoisotopic (exact) mass is 401 g/mol. The van der Waals surface area contributed by atoms with Gasteiger partial charge in [0.25, 0.3) is 0 Å². The van der Waals surface area contributed by atoms with Gasteiger partial charge in [0.05, 0.1) is 0 Å². The molecule has 0 spiro atoms. The topological polar surface area (TPSA) is 113 Å². The van der Waals surface area contributed by atoms with Crippen molar-refractivity contribution in [3.63, 3.8) is 0 Å². The van der Waals surface area contributed by atoms with E-state index in [1.807, 2.05) is 0 Å². The fourth-order valence-corrected chi connectivity index (χ4v) is 2.68. The molecule has 0 aromatic heterocycles. The minimum atomic E-state index is -1.33. The van der Waals surface area contributed by atoms with Gasteiger partial charge in [-0.15, -0.1) is 0 Å². The number of aliphatic imine (C=N–C) groups is 1. The Morgan fingerprint density at radius 3 is 1.67 bits per heavy atom. The van der Waals surface area contributed by atoms with E-state index in [2.05, 4.69) is 11.9 Å². The van der Waals surface area contributed by atoms with Crippen LogP contribution in [0.5, 0.6) is 0 Å². The molecule has 0 fully saturated rings. The predicted molar refractivity (Wildman–Crippen MR) is 94.2 cm³/mol. The first-order valence-corrected chi connectivity index (χ1v) is 9.63. The molecular weight excluding hydrogens is 368 g/mol. The first-order chi connectivity index (χ1) is 12.0. The zero-order valence-electron chi connectivity index (χ0n) is 17.5. The first-order valence-electron chi connectivity index (χ1n) is 9.63. The number of nitrogens with zero attached hydrogens (tertiary/aromatic N) is 1. The van der Waals surface area contributed by atoms with Gasteiger partial charge < -0.3 is 20.1 Å². The second kappa shape index (κ2) is 22.7. The summed E-state index contributed by atoms with van der Waals surface area (Å²) in [5, 5.41) is 31.0. The van der Waals surface area contributed by atoms with Gasteiger partial charge in [-0.25, -0.2) is 4.79 Å². The van der Waals surface area contributed by atoms with Gasteiger partial charge in [-0.1, -0.05) is 71.1 Å². The molecule has 0 heterocycles. The number of aliphatic carboxylic acids is 2. The van der Waals surface area contributed by atoms with Gasteiger partial charge in [0, 0.05) is 5.97 Å². The molecule has 0 aliphatic rings. The molecule has 146 valence electrons. The van der Waals surface area contributed by atoms with Crippen molar-refractivity contribution in [3.05, 3.63) is 0 Å². The second-order valence-electron chi connectivity index (χ2n) is 6.57. The van der Waals surface area contributed by atoms with Crippen LogP contribution in [0.4, 0.5) is 0 Å². The van der Waals surface area contributed by atoms with Crippen molar-refractivity contribution in [1.82, 2.24) is 0 Å². The fraction of sp³-hybridized carbons (Fsp3) is 0.842. The first kappa shape index (κ1) is 32.1. The van der Waals surface area contributed by atoms with E-state index in [0.29, 0.717) is 6.42 Å². The van der Waals surface area contributed by atoms with Crippen molar-refractivity contribution in [2.24, 2.45) is 4.99 Å². The maximum Gasteiger partial charge on any atom is 1.00 e. The van der Waals surface area contributed by atoms with Crippen molar-refractivity contribution >= 4 is 17.8 Å². The standard InChI is InChI=1S/C19H35NO5.2Na/c1-2-3-4-5-6-7-8-9-10-11-12-13-17(21)20-16(19(24)25)14-15-18(22)23;;/h16H,2-15H2,1H3,(H,20,21)(H,22,23)(H,24,25);;/q;2*+1/p-2/t16-;;/m0../s1. The van der Waals surface area contributed by atoms with Gasteiger partial charge in [-0.3, -0.25) is 4.99 Å². The Hall–Kier alpha value is 0.410. The number of carbonyl (C=O) groups is 2. The maximum absolute atomic E-state index is 11.7. The van der Waals surface area contributed by atoms with Crippen LogP contribution in [0.2, 0.25) is 0 Å². The third-order valence-electron chi connectivity index (χ3n) is 4.20. The minimum absolute atomic E-state index is 0. The summed E-state index contributed by atoms with van der Waals surface area (Å²) in [7, 11) is 0. The van der Waals surface area contributed by atoms with Crippen LogP contribution in [0.3, 0.4) is 0 Å². The predicted octanol–water partition coefficient (Wildman–Crippen LogP) is -3.56. The number of hydrogen-bond donors (Lipinski definition) is 1. The van der Waals surface area contributed by atoms with Gasteiger partial charge in [-0.2, -0.15) is 0 Å². The molecule has 0 amide bonds. The van der Waals surface area contributed by atoms with Gasteiger partial charge in [0.15, 0.2) is 0 Å². The molecule has 0 saturated carbocycles. The molecule has 0 saturated heterocycles. The van der Waals surface area contributed by atoms with Crippen LogP contribution in [0.25, 0.3) is 0 Å². The van der Waals surface area contributed by atoms with Crippen molar-refractivity contribution < 1.29 is 84.0 Å². The van der Waals surface area contributed by atoms with Gasteiger partial charge in [0.1, 0.15) is 6.04 Å². The normalized spacial score (nSPS) is 12.0. The van der Waals surface area contributed by atoms with Gasteiger partial charge in [-0.05, 0) is 31.6 Å². The summed E-state index contributed by atoms with van der Waals surface area (Å²) in [6, 6.07) is -1.28. The summed E-state index contributed by atoms with van der Waals surface area (Å²) in [6.07, 6.45) is 12.6. The molecule has 1 N–H and O–H groups in total. The molecule has 0 aliphatic carbocycles. The summed E-state index contributed by atoms with van der Waals surface area (Å²) >= 11 is 0. The molecule has 0 bridgehead atoms. The Kier molecular flexibility index (Phi) is 27.0. The summed E-state index contributed by atoms with van der Waals surface area (Å²) in [4.78, 5) is 24.9. The Labute approximate surface area is 208 Å². The average Bonchev–Trinajstić information content (AvgIpc) is 2.56. The summed E-state index contributed by atoms with van der Waals surface area (Å²) < 4.78 is 0. The molecule has 0 aromatic rings. The van der Waals surface area contributed by atoms with Crippen LogP contribution >= 0.6 is 0 Å². The summed E-state index contributed by atoms with van der Waals surface area (Å²) in [5.41, 5.74) is 0. The third-order valence-corrected chi connectivity index (χ3v) is 4.20. The van der Waals surface area contributed by atoms with Crippen LogP contribution in [0.15, 0.2) is 4.99 Å². The Bertz CT molecular complexity index is 406. The van der Waals surface area contributed by atoms with Crippen LogP contribution in [0.1, 0.15) is 96.8 Å². The van der Waals surface area contributed by atoms with E-state index in [1.54, 1.807) is 0 Å². The zero-order chi connectivity index (χ0) is 18.9. The molecule has 0 radical (unpaired) electrons. The van der Waals surface area contributed by atoms with Gasteiger partial charge in [0.2, 0.25) is 0 Å². The molecule has 0 rings (SSSR count). The number of carboxylic acid groups (broad SMARTS) is 2. The third kappa shape index (κ3) is 22.6. The number of carbonyl (C=O) groups excluding carboxylic acids is 1. The number of hydrogen-bond acceptors (Lipinski definition) is 5. The molecule has 0 aromatic carbocycles. The quantitative estimate of drug-likeness (QED) is 0.117. The minimum Gasteiger partial charge on any atom is -0.862 e. The molecule has 0 unspecified atom stereocenters. The molecule has 0 aliphatic heterocycles. The largest absolute Gasteiger partial charge is 1.00 e. The SMILES string of the molecule is CCCCCCCCCCCCCC([O-])=N[C@@H](CCC(=O)[O-])C(=O)O.[Na+].[Na+]. The van der Waals surface area contributed by atoms with Crippen LogP contribution in [0, 0.1) is 0 Å². The average molecular weight is 401 g/mol. The van der Waals surface area contributed by atoms with Crippen molar-refractivity contribution in [2.45, 2.75) is 103 Å². The van der Waals surface area contributed by atoms with Crippen molar-refractivity contribution in [3.8, 4) is 0 Å². The Morgan fingerprint density at radius 1 is 0.815 bits per heavy atom. The van der Waals surface area contributed by atoms with Gasteiger partial charge >= 0.3 is 65.1 Å². The smallest absolute Gasteiger partial charge is 0.862 e. The second-order valence-corrected chi connectivity index (χ2v) is 6.57. The van der Waals surface area contributed by atoms with Crippen molar-refractivity contribution in [1.29, 1.82) is 0 Å². The summed E-state index contributed by atoms with van der Waals surface area (Å²) in [6.45, 7) is 2.22. The Morgan fingerprint density at radius 2 is 1.26 bits per heavy atom. The van der Waals surface area contributed by atoms with E-state index in [-0.39, 0.29) is 72.0 Å². The molecule has 6 nitrogen and oxygen atoms in total. The van der Waals surface area contributed by atoms with E-state index >= 15 is 0 Å². The maximum atomic E-state index is 11.7.